The van der Waals surface area contributed by atoms with Gasteiger partial charge in [-0.1, -0.05) is 30.7 Å². The van der Waals surface area contributed by atoms with E-state index in [1.165, 1.54) is 0 Å². The van der Waals surface area contributed by atoms with Crippen molar-refractivity contribution in [1.82, 2.24) is 0 Å². The molecule has 0 aromatic heterocycles. The van der Waals surface area contributed by atoms with Crippen LogP contribution in [-0.2, 0) is 19.1 Å². The van der Waals surface area contributed by atoms with Gasteiger partial charge in [0.05, 0.1) is 0 Å². The molecule has 0 N–H and O–H groups in total. The summed E-state index contributed by atoms with van der Waals surface area (Å²) in [6.07, 6.45) is 8.76. The first-order valence-corrected chi connectivity index (χ1v) is 8.55. The Bertz CT molecular complexity index is 580. The van der Waals surface area contributed by atoms with E-state index in [9.17, 15) is 9.59 Å². The zero-order valence-corrected chi connectivity index (χ0v) is 15.2. The summed E-state index contributed by atoms with van der Waals surface area (Å²) in [6.45, 7) is 5.89. The number of Topliss-reactive ketones (excluding diaryl/α,β-unsaturated/α-hetero) is 1. The molecule has 0 aromatic carbocycles. The monoisotopic (exact) mass is 332 g/mol. The van der Waals surface area contributed by atoms with Gasteiger partial charge in [-0.3, -0.25) is 9.59 Å². The Labute approximate surface area is 144 Å². The van der Waals surface area contributed by atoms with Gasteiger partial charge < -0.3 is 9.47 Å². The second kappa shape index (κ2) is 8.04. The van der Waals surface area contributed by atoms with Crippen molar-refractivity contribution in [3.8, 4) is 0 Å². The van der Waals surface area contributed by atoms with E-state index in [-0.39, 0.29) is 35.2 Å². The Hall–Kier alpha value is -1.52. The normalized spacial score (nSPS) is 31.6. The van der Waals surface area contributed by atoms with E-state index in [0.717, 1.165) is 17.6 Å². The Morgan fingerprint density at radius 3 is 2.54 bits per heavy atom. The highest BCUT2D eigenvalue weighted by Gasteiger charge is 2.40. The molecular weight excluding hydrogens is 304 g/mol. The van der Waals surface area contributed by atoms with E-state index in [1.807, 2.05) is 26.0 Å². The lowest BCUT2D eigenvalue weighted by atomic mass is 9.69. The van der Waals surface area contributed by atoms with Gasteiger partial charge in [-0.15, -0.1) is 0 Å². The van der Waals surface area contributed by atoms with Crippen LogP contribution >= 0.6 is 0 Å². The molecule has 0 saturated carbocycles. The zero-order valence-electron chi connectivity index (χ0n) is 15.2. The maximum Gasteiger partial charge on any atom is 0.163 e. The van der Waals surface area contributed by atoms with Crippen LogP contribution < -0.4 is 0 Å². The van der Waals surface area contributed by atoms with Gasteiger partial charge >= 0.3 is 0 Å². The number of ketones is 2. The van der Waals surface area contributed by atoms with Gasteiger partial charge in [0.2, 0.25) is 0 Å². The molecule has 0 bridgehead atoms. The molecular formula is C20H28O4. The van der Waals surface area contributed by atoms with Crippen molar-refractivity contribution >= 4 is 11.6 Å². The smallest absolute Gasteiger partial charge is 0.163 e. The van der Waals surface area contributed by atoms with Gasteiger partial charge in [-0.05, 0) is 37.8 Å². The molecule has 0 saturated heterocycles. The van der Waals surface area contributed by atoms with Crippen molar-refractivity contribution in [3.63, 3.8) is 0 Å². The van der Waals surface area contributed by atoms with Crippen LogP contribution in [0.3, 0.4) is 0 Å². The van der Waals surface area contributed by atoms with Crippen LogP contribution in [0.1, 0.15) is 33.6 Å². The fraction of sp³-hybridized carbons (Fsp3) is 0.600. The van der Waals surface area contributed by atoms with Crippen molar-refractivity contribution in [3.05, 3.63) is 35.5 Å². The quantitative estimate of drug-likeness (QED) is 0.571. The van der Waals surface area contributed by atoms with E-state index in [4.69, 9.17) is 9.47 Å². The summed E-state index contributed by atoms with van der Waals surface area (Å²) < 4.78 is 11.0. The van der Waals surface area contributed by atoms with E-state index in [2.05, 4.69) is 13.0 Å². The van der Waals surface area contributed by atoms with Gasteiger partial charge in [0.15, 0.2) is 17.9 Å². The summed E-state index contributed by atoms with van der Waals surface area (Å²) in [5.41, 5.74) is 1.91. The van der Waals surface area contributed by atoms with Crippen LogP contribution in [-0.4, -0.2) is 32.1 Å². The highest BCUT2D eigenvalue weighted by molar-refractivity contribution is 5.97. The molecule has 4 heteroatoms. The lowest BCUT2D eigenvalue weighted by Gasteiger charge is -2.38. The number of hydrogen-bond acceptors (Lipinski definition) is 4. The molecule has 2 aliphatic rings. The largest absolute Gasteiger partial charge is 0.355 e. The SMILES string of the molecule is COC(OC)[C@H]1C=C(C)C(=O)[C@@H](C)[C@@H]1/C(C)=C\[C@@H]1CC=CC(=O)C1. The summed E-state index contributed by atoms with van der Waals surface area (Å²) in [6, 6.07) is 0. The summed E-state index contributed by atoms with van der Waals surface area (Å²) >= 11 is 0. The van der Waals surface area contributed by atoms with Crippen molar-refractivity contribution in [2.45, 2.75) is 39.9 Å². The molecule has 0 unspecified atom stereocenters. The standard InChI is InChI=1S/C20H28O4/c1-12(9-15-7-6-8-16(21)11-15)18-14(3)19(22)13(2)10-17(18)20(23-4)24-5/h6,8-10,14-15,17-18,20H,7,11H2,1-5H3/b12-9-/t14-,15-,17-,18-/m0/s1. The molecule has 4 atom stereocenters. The Morgan fingerprint density at radius 2 is 1.96 bits per heavy atom. The molecule has 0 spiro atoms. The topological polar surface area (TPSA) is 52.6 Å². The Balaban J connectivity index is 2.33. The van der Waals surface area contributed by atoms with Gasteiger partial charge in [-0.2, -0.15) is 0 Å². The molecule has 0 radical (unpaired) electrons. The molecule has 2 rings (SSSR count). The zero-order chi connectivity index (χ0) is 17.9. The number of rotatable bonds is 5. The van der Waals surface area contributed by atoms with Crippen molar-refractivity contribution in [2.24, 2.45) is 23.7 Å². The van der Waals surface area contributed by atoms with Gasteiger partial charge in [0.1, 0.15) is 0 Å². The predicted molar refractivity (Wildman–Crippen MR) is 93.3 cm³/mol. The van der Waals surface area contributed by atoms with E-state index in [1.54, 1.807) is 20.3 Å². The lowest BCUT2D eigenvalue weighted by molar-refractivity contribution is -0.144. The summed E-state index contributed by atoms with van der Waals surface area (Å²) in [7, 11) is 3.25. The minimum Gasteiger partial charge on any atom is -0.355 e. The van der Waals surface area contributed by atoms with Crippen molar-refractivity contribution in [1.29, 1.82) is 0 Å². The number of allylic oxidation sites excluding steroid dienone is 5. The Kier molecular flexibility index (Phi) is 6.30. The number of ether oxygens (including phenoxy) is 2. The molecule has 0 aliphatic heterocycles. The predicted octanol–water partition coefficient (Wildman–Crippen LogP) is 3.48. The molecule has 4 nitrogen and oxygen atoms in total. The van der Waals surface area contributed by atoms with Crippen LogP contribution in [0, 0.1) is 23.7 Å². The molecule has 0 aromatic rings. The minimum atomic E-state index is -0.392. The van der Waals surface area contributed by atoms with Gasteiger partial charge in [0, 0.05) is 38.4 Å². The second-order valence-corrected chi connectivity index (χ2v) is 6.92. The summed E-state index contributed by atoms with van der Waals surface area (Å²) in [5, 5.41) is 0. The molecule has 0 amide bonds. The van der Waals surface area contributed by atoms with Crippen LogP contribution in [0.25, 0.3) is 0 Å². The third kappa shape index (κ3) is 3.93. The molecule has 132 valence electrons. The minimum absolute atomic E-state index is 0.0150. The molecule has 24 heavy (non-hydrogen) atoms. The maximum atomic E-state index is 12.5. The van der Waals surface area contributed by atoms with E-state index < -0.39 is 6.29 Å². The maximum absolute atomic E-state index is 12.5. The first-order chi connectivity index (χ1) is 11.4. The average molecular weight is 332 g/mol. The fourth-order valence-corrected chi connectivity index (χ4v) is 4.08. The lowest BCUT2D eigenvalue weighted by Crippen LogP contribution is -2.40. The van der Waals surface area contributed by atoms with Crippen molar-refractivity contribution < 1.29 is 19.1 Å². The number of carbonyl (C=O) groups is 2. The average Bonchev–Trinajstić information content (AvgIpc) is 2.53. The van der Waals surface area contributed by atoms with Crippen LogP contribution in [0.2, 0.25) is 0 Å². The highest BCUT2D eigenvalue weighted by Crippen LogP contribution is 2.40. The second-order valence-electron chi connectivity index (χ2n) is 6.92. The molecule has 0 heterocycles. The van der Waals surface area contributed by atoms with Gasteiger partial charge in [-0.25, -0.2) is 0 Å². The third-order valence-corrected chi connectivity index (χ3v) is 5.21. The Morgan fingerprint density at radius 1 is 1.29 bits per heavy atom. The van der Waals surface area contributed by atoms with Gasteiger partial charge in [0.25, 0.3) is 0 Å². The fourth-order valence-electron chi connectivity index (χ4n) is 4.08. The van der Waals surface area contributed by atoms with Crippen LogP contribution in [0.4, 0.5) is 0 Å². The first-order valence-electron chi connectivity index (χ1n) is 8.55. The third-order valence-electron chi connectivity index (χ3n) is 5.21. The molecule has 0 fully saturated rings. The molecule has 2 aliphatic carbocycles. The van der Waals surface area contributed by atoms with Crippen molar-refractivity contribution in [2.75, 3.05) is 14.2 Å². The first kappa shape index (κ1) is 18.8. The van der Waals surface area contributed by atoms with E-state index in [0.29, 0.717) is 6.42 Å². The summed E-state index contributed by atoms with van der Waals surface area (Å²) in [4.78, 5) is 24.1. The summed E-state index contributed by atoms with van der Waals surface area (Å²) in [5.74, 6) is 0.433. The highest BCUT2D eigenvalue weighted by atomic mass is 16.7. The number of hydrogen-bond donors (Lipinski definition) is 0. The van der Waals surface area contributed by atoms with Crippen LogP contribution in [0.5, 0.6) is 0 Å². The number of carbonyl (C=O) groups excluding carboxylic acids is 2. The van der Waals surface area contributed by atoms with Crippen LogP contribution in [0.15, 0.2) is 35.5 Å². The van der Waals surface area contributed by atoms with E-state index >= 15 is 0 Å². The number of methoxy groups -OCH3 is 2.